The number of ether oxygens (including phenoxy) is 1. The van der Waals surface area contributed by atoms with E-state index in [1.165, 1.54) is 0 Å². The Balaban J connectivity index is 2.00. The second-order valence-electron chi connectivity index (χ2n) is 3.78. The number of hydrogen-bond acceptors (Lipinski definition) is 2. The van der Waals surface area contributed by atoms with Gasteiger partial charge in [-0.1, -0.05) is 11.6 Å². The van der Waals surface area contributed by atoms with Crippen LogP contribution in [0.15, 0.2) is 18.2 Å². The van der Waals surface area contributed by atoms with Crippen LogP contribution < -0.4 is 4.74 Å². The summed E-state index contributed by atoms with van der Waals surface area (Å²) in [6.07, 6.45) is 1.47. The van der Waals surface area contributed by atoms with E-state index in [1.54, 1.807) is 0 Å². The fourth-order valence-electron chi connectivity index (χ4n) is 1.52. The van der Waals surface area contributed by atoms with Gasteiger partial charge in [-0.25, -0.2) is 0 Å². The summed E-state index contributed by atoms with van der Waals surface area (Å²) >= 11 is 5.89. The lowest BCUT2D eigenvalue weighted by molar-refractivity contribution is -0.0107. The molecule has 0 saturated heterocycles. The van der Waals surface area contributed by atoms with Crippen molar-refractivity contribution in [3.8, 4) is 5.75 Å². The first kappa shape index (κ1) is 9.81. The fraction of sp³-hybridized carbons (Fsp3) is 0.455. The fourth-order valence-corrected chi connectivity index (χ4v) is 1.63. The normalized spacial score (nSPS) is 25.6. The molecule has 0 atom stereocenters. The van der Waals surface area contributed by atoms with Crippen LogP contribution in [-0.4, -0.2) is 17.3 Å². The van der Waals surface area contributed by atoms with Crippen molar-refractivity contribution >= 4 is 11.6 Å². The van der Waals surface area contributed by atoms with Crippen LogP contribution in [-0.2, 0) is 0 Å². The average molecular weight is 213 g/mol. The molecular formula is C11H13ClO2. The Bertz CT molecular complexity index is 332. The van der Waals surface area contributed by atoms with Gasteiger partial charge in [-0.2, -0.15) is 0 Å². The third-order valence-electron chi connectivity index (χ3n) is 2.50. The lowest BCUT2D eigenvalue weighted by Crippen LogP contribution is -2.37. The van der Waals surface area contributed by atoms with Crippen LogP contribution in [0.2, 0.25) is 5.02 Å². The summed E-state index contributed by atoms with van der Waals surface area (Å²) in [5.74, 6) is 0.837. The minimum atomic E-state index is -0.173. The molecule has 0 radical (unpaired) electrons. The monoisotopic (exact) mass is 212 g/mol. The molecule has 0 unspecified atom stereocenters. The maximum atomic E-state index is 9.09. The van der Waals surface area contributed by atoms with Crippen molar-refractivity contribution in [3.05, 3.63) is 28.8 Å². The topological polar surface area (TPSA) is 29.5 Å². The van der Waals surface area contributed by atoms with E-state index >= 15 is 0 Å². The number of hydrogen-bond donors (Lipinski definition) is 1. The largest absolute Gasteiger partial charge is 0.490 e. The number of halogens is 1. The molecule has 1 aliphatic rings. The molecule has 0 amide bonds. The van der Waals surface area contributed by atoms with Gasteiger partial charge in [0.15, 0.2) is 0 Å². The molecule has 0 aliphatic heterocycles. The lowest BCUT2D eigenvalue weighted by Gasteiger charge is -2.31. The third-order valence-corrected chi connectivity index (χ3v) is 2.93. The van der Waals surface area contributed by atoms with Crippen LogP contribution in [0.1, 0.15) is 18.4 Å². The van der Waals surface area contributed by atoms with Gasteiger partial charge in [0.2, 0.25) is 0 Å². The predicted molar refractivity (Wildman–Crippen MR) is 55.8 cm³/mol. The SMILES string of the molecule is Cc1cc(OC2CC(O)C2)ccc1Cl. The van der Waals surface area contributed by atoms with E-state index in [9.17, 15) is 0 Å². The first-order valence-electron chi connectivity index (χ1n) is 4.76. The summed E-state index contributed by atoms with van der Waals surface area (Å²) in [7, 11) is 0. The zero-order valence-corrected chi connectivity index (χ0v) is 8.79. The molecule has 2 rings (SSSR count). The van der Waals surface area contributed by atoms with E-state index in [2.05, 4.69) is 0 Å². The van der Waals surface area contributed by atoms with Crippen molar-refractivity contribution in [2.24, 2.45) is 0 Å². The Morgan fingerprint density at radius 2 is 2.14 bits per heavy atom. The molecule has 0 heterocycles. The van der Waals surface area contributed by atoms with Gasteiger partial charge in [0.25, 0.3) is 0 Å². The van der Waals surface area contributed by atoms with Crippen LogP contribution in [0.25, 0.3) is 0 Å². The van der Waals surface area contributed by atoms with Gasteiger partial charge in [-0.15, -0.1) is 0 Å². The summed E-state index contributed by atoms with van der Waals surface area (Å²) < 4.78 is 5.64. The third kappa shape index (κ3) is 2.02. The minimum Gasteiger partial charge on any atom is -0.490 e. The summed E-state index contributed by atoms with van der Waals surface area (Å²) in [6, 6.07) is 5.62. The molecule has 1 fully saturated rings. The van der Waals surface area contributed by atoms with Gasteiger partial charge in [0.1, 0.15) is 11.9 Å². The minimum absolute atomic E-state index is 0.172. The average Bonchev–Trinajstić information content (AvgIpc) is 2.09. The van der Waals surface area contributed by atoms with Crippen molar-refractivity contribution < 1.29 is 9.84 Å². The number of aliphatic hydroxyl groups is 1. The van der Waals surface area contributed by atoms with Gasteiger partial charge in [-0.3, -0.25) is 0 Å². The van der Waals surface area contributed by atoms with Crippen LogP contribution in [0.4, 0.5) is 0 Å². The van der Waals surface area contributed by atoms with E-state index in [0.29, 0.717) is 0 Å². The predicted octanol–water partition coefficient (Wildman–Crippen LogP) is 2.55. The molecular weight excluding hydrogens is 200 g/mol. The highest BCUT2D eigenvalue weighted by Crippen LogP contribution is 2.27. The molecule has 2 nitrogen and oxygen atoms in total. The molecule has 0 aromatic heterocycles. The maximum absolute atomic E-state index is 9.09. The zero-order chi connectivity index (χ0) is 10.1. The Labute approximate surface area is 88.5 Å². The Morgan fingerprint density at radius 1 is 1.43 bits per heavy atom. The number of aliphatic hydroxyl groups excluding tert-OH is 1. The molecule has 0 spiro atoms. The second-order valence-corrected chi connectivity index (χ2v) is 4.18. The van der Waals surface area contributed by atoms with Crippen molar-refractivity contribution in [1.29, 1.82) is 0 Å². The van der Waals surface area contributed by atoms with Crippen molar-refractivity contribution in [3.63, 3.8) is 0 Å². The Morgan fingerprint density at radius 3 is 2.71 bits per heavy atom. The van der Waals surface area contributed by atoms with E-state index in [1.807, 2.05) is 25.1 Å². The highest BCUT2D eigenvalue weighted by Gasteiger charge is 2.28. The highest BCUT2D eigenvalue weighted by molar-refractivity contribution is 6.31. The van der Waals surface area contributed by atoms with E-state index in [0.717, 1.165) is 29.2 Å². The molecule has 1 N–H and O–H groups in total. The first-order chi connectivity index (χ1) is 6.65. The van der Waals surface area contributed by atoms with Crippen LogP contribution in [0, 0.1) is 6.92 Å². The maximum Gasteiger partial charge on any atom is 0.120 e. The molecule has 1 aromatic carbocycles. The lowest BCUT2D eigenvalue weighted by atomic mass is 9.92. The second kappa shape index (κ2) is 3.79. The van der Waals surface area contributed by atoms with Gasteiger partial charge >= 0.3 is 0 Å². The van der Waals surface area contributed by atoms with Gasteiger partial charge in [0.05, 0.1) is 6.10 Å². The summed E-state index contributed by atoms with van der Waals surface area (Å²) in [5.41, 5.74) is 1.02. The van der Waals surface area contributed by atoms with Crippen molar-refractivity contribution in [2.45, 2.75) is 32.0 Å². The summed E-state index contributed by atoms with van der Waals surface area (Å²) in [4.78, 5) is 0. The van der Waals surface area contributed by atoms with E-state index in [4.69, 9.17) is 21.4 Å². The molecule has 14 heavy (non-hydrogen) atoms. The highest BCUT2D eigenvalue weighted by atomic mass is 35.5. The zero-order valence-electron chi connectivity index (χ0n) is 8.03. The van der Waals surface area contributed by atoms with Gasteiger partial charge < -0.3 is 9.84 Å². The van der Waals surface area contributed by atoms with Crippen LogP contribution in [0.3, 0.4) is 0 Å². The van der Waals surface area contributed by atoms with Crippen LogP contribution in [0.5, 0.6) is 5.75 Å². The summed E-state index contributed by atoms with van der Waals surface area (Å²) in [5, 5.41) is 9.85. The standard InChI is InChI=1S/C11H13ClO2/c1-7-4-9(2-3-11(7)12)14-10-5-8(13)6-10/h2-4,8,10,13H,5-6H2,1H3. The molecule has 1 saturated carbocycles. The van der Waals surface area contributed by atoms with E-state index < -0.39 is 0 Å². The molecule has 3 heteroatoms. The van der Waals surface area contributed by atoms with Gasteiger partial charge in [-0.05, 0) is 30.7 Å². The molecule has 1 aliphatic carbocycles. The van der Waals surface area contributed by atoms with Gasteiger partial charge in [0, 0.05) is 17.9 Å². The number of rotatable bonds is 2. The smallest absolute Gasteiger partial charge is 0.120 e. The number of aryl methyl sites for hydroxylation is 1. The Kier molecular flexibility index (Phi) is 2.66. The van der Waals surface area contributed by atoms with Crippen LogP contribution >= 0.6 is 11.6 Å². The number of benzene rings is 1. The molecule has 0 bridgehead atoms. The quantitative estimate of drug-likeness (QED) is 0.817. The van der Waals surface area contributed by atoms with Crippen molar-refractivity contribution in [1.82, 2.24) is 0 Å². The molecule has 76 valence electrons. The van der Waals surface area contributed by atoms with Crippen molar-refractivity contribution in [2.75, 3.05) is 0 Å². The first-order valence-corrected chi connectivity index (χ1v) is 5.14. The summed E-state index contributed by atoms with van der Waals surface area (Å²) in [6.45, 7) is 1.95. The molecule has 1 aromatic rings. The van der Waals surface area contributed by atoms with E-state index in [-0.39, 0.29) is 12.2 Å². The Hall–Kier alpha value is -0.730.